The summed E-state index contributed by atoms with van der Waals surface area (Å²) in [6, 6.07) is 1.48. The fourth-order valence-electron chi connectivity index (χ4n) is 7.32. The first-order valence-electron chi connectivity index (χ1n) is 10.7. The van der Waals surface area contributed by atoms with Crippen molar-refractivity contribution in [3.63, 3.8) is 0 Å². The van der Waals surface area contributed by atoms with Gasteiger partial charge in [-0.2, -0.15) is 0 Å². The van der Waals surface area contributed by atoms with Crippen LogP contribution in [-0.4, -0.2) is 16.7 Å². The molecular weight excluding hydrogens is 343 g/mol. The Labute approximate surface area is 160 Å². The van der Waals surface area contributed by atoms with Gasteiger partial charge in [-0.25, -0.2) is 9.18 Å². The Bertz CT molecular complexity index is 769. The minimum atomic E-state index is -0.971. The van der Waals surface area contributed by atoms with Crippen LogP contribution in [0.1, 0.15) is 73.9 Å². The first-order valence-corrected chi connectivity index (χ1v) is 10.7. The number of carboxylic acid groups (broad SMARTS) is 1. The molecule has 146 valence electrons. The lowest BCUT2D eigenvalue weighted by Crippen LogP contribution is -2.63. The third kappa shape index (κ3) is 2.41. The third-order valence-electron chi connectivity index (χ3n) is 8.13. The summed E-state index contributed by atoms with van der Waals surface area (Å²) < 4.78 is 22.0. The zero-order valence-corrected chi connectivity index (χ0v) is 16.3. The van der Waals surface area contributed by atoms with Gasteiger partial charge in [0.05, 0.1) is 5.56 Å². The molecule has 5 aliphatic carbocycles. The molecule has 0 radical (unpaired) electrons. The molecular formula is C23H29FO3. The minimum Gasteiger partial charge on any atom is -0.483 e. The molecule has 27 heavy (non-hydrogen) atoms. The zero-order chi connectivity index (χ0) is 18.9. The molecule has 0 spiro atoms. The molecule has 4 fully saturated rings. The van der Waals surface area contributed by atoms with Crippen LogP contribution in [0.25, 0.3) is 0 Å². The predicted octanol–water partition coefficient (Wildman–Crippen LogP) is 5.24. The van der Waals surface area contributed by atoms with Crippen molar-refractivity contribution in [3.05, 3.63) is 28.6 Å². The highest BCUT2D eigenvalue weighted by Gasteiger charge is 2.60. The van der Waals surface area contributed by atoms with Gasteiger partial charge in [0.25, 0.3) is 0 Å². The van der Waals surface area contributed by atoms with Crippen LogP contribution in [0, 0.1) is 35.4 Å². The van der Waals surface area contributed by atoms with E-state index in [-0.39, 0.29) is 28.6 Å². The van der Waals surface area contributed by atoms with Gasteiger partial charge in [0.15, 0.2) is 11.6 Å². The monoisotopic (exact) mass is 372 g/mol. The van der Waals surface area contributed by atoms with Crippen molar-refractivity contribution in [1.29, 1.82) is 0 Å². The van der Waals surface area contributed by atoms with E-state index in [2.05, 4.69) is 13.8 Å². The molecule has 0 heterocycles. The summed E-state index contributed by atoms with van der Waals surface area (Å²) in [5.41, 5.74) is 1.14. The number of fused-ring (bicyclic) bond motifs is 1. The van der Waals surface area contributed by atoms with Crippen LogP contribution in [-0.2, 0) is 12.8 Å². The maximum atomic E-state index is 15.3. The van der Waals surface area contributed by atoms with Crippen molar-refractivity contribution in [1.82, 2.24) is 0 Å². The molecule has 1 N–H and O–H groups in total. The number of carboxylic acids is 1. The molecule has 0 aliphatic heterocycles. The molecule has 5 aliphatic rings. The highest BCUT2D eigenvalue weighted by atomic mass is 19.1. The number of aromatic carboxylic acids is 1. The Morgan fingerprint density at radius 1 is 1.11 bits per heavy atom. The van der Waals surface area contributed by atoms with Gasteiger partial charge in [-0.3, -0.25) is 0 Å². The SMILES string of the molecule is CC(C)C1(Oc2cc(C(=O)O)c3c(c2F)CCC3)C2CC3CC(C2)CC1C3. The summed E-state index contributed by atoms with van der Waals surface area (Å²) in [6.45, 7) is 4.40. The maximum absolute atomic E-state index is 15.3. The van der Waals surface area contributed by atoms with Crippen molar-refractivity contribution in [3.8, 4) is 5.75 Å². The van der Waals surface area contributed by atoms with E-state index in [1.165, 1.54) is 38.2 Å². The van der Waals surface area contributed by atoms with Crippen LogP contribution in [0.4, 0.5) is 4.39 Å². The molecule has 0 atom stereocenters. The Morgan fingerprint density at radius 3 is 2.26 bits per heavy atom. The summed E-state index contributed by atoms with van der Waals surface area (Å²) in [5.74, 6) is 1.75. The molecule has 6 rings (SSSR count). The first kappa shape index (κ1) is 17.5. The molecule has 0 saturated heterocycles. The number of halogens is 1. The van der Waals surface area contributed by atoms with Crippen LogP contribution < -0.4 is 4.74 Å². The van der Waals surface area contributed by atoms with E-state index in [1.54, 1.807) is 0 Å². The summed E-state index contributed by atoms with van der Waals surface area (Å²) in [5, 5.41) is 9.67. The Balaban J connectivity index is 1.59. The van der Waals surface area contributed by atoms with Gasteiger partial charge in [-0.1, -0.05) is 13.8 Å². The van der Waals surface area contributed by atoms with E-state index in [1.807, 2.05) is 0 Å². The second-order valence-electron chi connectivity index (χ2n) is 9.77. The lowest BCUT2D eigenvalue weighted by atomic mass is 9.47. The van der Waals surface area contributed by atoms with E-state index < -0.39 is 5.97 Å². The van der Waals surface area contributed by atoms with E-state index >= 15 is 4.39 Å². The smallest absolute Gasteiger partial charge is 0.336 e. The normalized spacial score (nSPS) is 36.3. The molecule has 4 heteroatoms. The molecule has 0 aromatic heterocycles. The molecule has 0 amide bonds. The van der Waals surface area contributed by atoms with Gasteiger partial charge in [0.1, 0.15) is 5.60 Å². The number of hydrogen-bond acceptors (Lipinski definition) is 2. The minimum absolute atomic E-state index is 0.189. The standard InChI is InChI=1S/C23H29FO3/c1-12(2)23(15-7-13-6-14(9-15)10-16(23)8-13)27-20-11-19(22(25)26)17-4-3-5-18(17)21(20)24/h11-16H,3-10H2,1-2H3,(H,25,26). The van der Waals surface area contributed by atoms with Gasteiger partial charge >= 0.3 is 5.97 Å². The summed E-state index contributed by atoms with van der Waals surface area (Å²) >= 11 is 0. The van der Waals surface area contributed by atoms with Crippen LogP contribution in [0.3, 0.4) is 0 Å². The number of hydrogen-bond donors (Lipinski definition) is 1. The molecule has 3 nitrogen and oxygen atoms in total. The average molecular weight is 372 g/mol. The lowest BCUT2D eigenvalue weighted by Gasteiger charge is -2.62. The topological polar surface area (TPSA) is 46.5 Å². The van der Waals surface area contributed by atoms with Crippen LogP contribution in [0.2, 0.25) is 0 Å². The average Bonchev–Trinajstić information content (AvgIpc) is 3.09. The van der Waals surface area contributed by atoms with Gasteiger partial charge < -0.3 is 9.84 Å². The summed E-state index contributed by atoms with van der Waals surface area (Å²) in [6.07, 6.45) is 8.18. The fraction of sp³-hybridized carbons (Fsp3) is 0.696. The number of carbonyl (C=O) groups is 1. The molecule has 4 saturated carbocycles. The highest BCUT2D eigenvalue weighted by molar-refractivity contribution is 5.90. The zero-order valence-electron chi connectivity index (χ0n) is 16.3. The Kier molecular flexibility index (Phi) is 3.86. The van der Waals surface area contributed by atoms with Crippen molar-refractivity contribution in [2.24, 2.45) is 29.6 Å². The van der Waals surface area contributed by atoms with E-state index in [0.717, 1.165) is 18.3 Å². The highest BCUT2D eigenvalue weighted by Crippen LogP contribution is 2.61. The van der Waals surface area contributed by atoms with Gasteiger partial charge in [0, 0.05) is 0 Å². The summed E-state index contributed by atoms with van der Waals surface area (Å²) in [7, 11) is 0. The Morgan fingerprint density at radius 2 is 1.70 bits per heavy atom. The summed E-state index contributed by atoms with van der Waals surface area (Å²) in [4.78, 5) is 11.8. The maximum Gasteiger partial charge on any atom is 0.336 e. The Hall–Kier alpha value is -1.58. The van der Waals surface area contributed by atoms with E-state index in [0.29, 0.717) is 35.8 Å². The largest absolute Gasteiger partial charge is 0.483 e. The van der Waals surface area contributed by atoms with Crippen LogP contribution in [0.5, 0.6) is 5.75 Å². The lowest BCUT2D eigenvalue weighted by molar-refractivity contribution is -0.180. The molecule has 0 unspecified atom stereocenters. The van der Waals surface area contributed by atoms with E-state index in [9.17, 15) is 9.90 Å². The van der Waals surface area contributed by atoms with Crippen molar-refractivity contribution < 1.29 is 19.0 Å². The second-order valence-corrected chi connectivity index (χ2v) is 9.77. The quantitative estimate of drug-likeness (QED) is 0.786. The van der Waals surface area contributed by atoms with Gasteiger partial charge in [-0.05, 0) is 98.1 Å². The van der Waals surface area contributed by atoms with Crippen molar-refractivity contribution in [2.75, 3.05) is 0 Å². The van der Waals surface area contributed by atoms with Crippen molar-refractivity contribution >= 4 is 5.97 Å². The fourth-order valence-corrected chi connectivity index (χ4v) is 7.32. The third-order valence-corrected chi connectivity index (χ3v) is 8.13. The molecule has 1 aromatic rings. The number of ether oxygens (including phenoxy) is 1. The van der Waals surface area contributed by atoms with Crippen molar-refractivity contribution in [2.45, 2.75) is 70.8 Å². The van der Waals surface area contributed by atoms with Gasteiger partial charge in [0.2, 0.25) is 0 Å². The number of rotatable bonds is 4. The molecule has 1 aromatic carbocycles. The van der Waals surface area contributed by atoms with Crippen LogP contribution in [0.15, 0.2) is 6.07 Å². The second kappa shape index (κ2) is 5.96. The molecule has 4 bridgehead atoms. The number of benzene rings is 1. The first-order chi connectivity index (χ1) is 12.9. The van der Waals surface area contributed by atoms with Crippen LogP contribution >= 0.6 is 0 Å². The van der Waals surface area contributed by atoms with E-state index in [4.69, 9.17) is 4.74 Å². The van der Waals surface area contributed by atoms with Gasteiger partial charge in [-0.15, -0.1) is 0 Å². The predicted molar refractivity (Wildman–Crippen MR) is 101 cm³/mol.